The van der Waals surface area contributed by atoms with Crippen LogP contribution in [-0.4, -0.2) is 45.5 Å². The van der Waals surface area contributed by atoms with E-state index in [0.29, 0.717) is 37.7 Å². The van der Waals surface area contributed by atoms with Gasteiger partial charge in [-0.1, -0.05) is 19.1 Å². The quantitative estimate of drug-likeness (QED) is 0.779. The number of hydrogen-bond acceptors (Lipinski definition) is 4. The third-order valence-corrected chi connectivity index (χ3v) is 6.63. The molecule has 26 heavy (non-hydrogen) atoms. The summed E-state index contributed by atoms with van der Waals surface area (Å²) in [4.78, 5) is 2.59. The van der Waals surface area contributed by atoms with Gasteiger partial charge < -0.3 is 9.64 Å². The zero-order valence-corrected chi connectivity index (χ0v) is 16.2. The first-order chi connectivity index (χ1) is 12.5. The molecule has 0 bridgehead atoms. The average Bonchev–Trinajstić information content (AvgIpc) is 2.69. The molecule has 1 aliphatic heterocycles. The zero-order valence-electron chi connectivity index (χ0n) is 15.4. The molecule has 0 spiro atoms. The minimum Gasteiger partial charge on any atom is -0.494 e. The third kappa shape index (κ3) is 4.02. The van der Waals surface area contributed by atoms with Crippen LogP contribution in [0.15, 0.2) is 53.4 Å². The highest BCUT2D eigenvalue weighted by molar-refractivity contribution is 7.89. The largest absolute Gasteiger partial charge is 0.494 e. The second-order valence-corrected chi connectivity index (χ2v) is 8.25. The van der Waals surface area contributed by atoms with Crippen LogP contribution in [0.1, 0.15) is 19.4 Å². The molecule has 5 nitrogen and oxygen atoms in total. The van der Waals surface area contributed by atoms with E-state index in [2.05, 4.69) is 11.8 Å². The summed E-state index contributed by atoms with van der Waals surface area (Å²) in [5, 5.41) is 0. The first-order valence-corrected chi connectivity index (χ1v) is 10.6. The maximum Gasteiger partial charge on any atom is 0.243 e. The van der Waals surface area contributed by atoms with Crippen LogP contribution in [0.25, 0.3) is 0 Å². The van der Waals surface area contributed by atoms with Crippen molar-refractivity contribution in [3.63, 3.8) is 0 Å². The summed E-state index contributed by atoms with van der Waals surface area (Å²) in [5.74, 6) is 0.855. The SMILES string of the molecule is CCOc1ccc(N2CCN(S(=O)(=O)c3ccc(CC)cc3)CC2)cc1. The monoisotopic (exact) mass is 374 g/mol. The van der Waals surface area contributed by atoms with Crippen molar-refractivity contribution in [1.82, 2.24) is 4.31 Å². The summed E-state index contributed by atoms with van der Waals surface area (Å²) in [6.07, 6.45) is 0.904. The molecule has 2 aromatic rings. The molecule has 140 valence electrons. The van der Waals surface area contributed by atoms with E-state index in [9.17, 15) is 8.42 Å². The molecule has 0 radical (unpaired) electrons. The van der Waals surface area contributed by atoms with Gasteiger partial charge in [0.2, 0.25) is 10.0 Å². The highest BCUT2D eigenvalue weighted by atomic mass is 32.2. The number of nitrogens with zero attached hydrogens (tertiary/aromatic N) is 2. The molecule has 0 aliphatic carbocycles. The summed E-state index contributed by atoms with van der Waals surface area (Å²) in [5.41, 5.74) is 2.24. The van der Waals surface area contributed by atoms with Crippen molar-refractivity contribution in [2.24, 2.45) is 0 Å². The first-order valence-electron chi connectivity index (χ1n) is 9.11. The van der Waals surface area contributed by atoms with Gasteiger partial charge in [0.25, 0.3) is 0 Å². The lowest BCUT2D eigenvalue weighted by Crippen LogP contribution is -2.48. The van der Waals surface area contributed by atoms with E-state index < -0.39 is 10.0 Å². The van der Waals surface area contributed by atoms with Gasteiger partial charge in [-0.15, -0.1) is 0 Å². The van der Waals surface area contributed by atoms with Crippen LogP contribution in [0.3, 0.4) is 0 Å². The van der Waals surface area contributed by atoms with Crippen LogP contribution >= 0.6 is 0 Å². The fourth-order valence-electron chi connectivity index (χ4n) is 3.15. The molecule has 0 aromatic heterocycles. The molecule has 2 aromatic carbocycles. The lowest BCUT2D eigenvalue weighted by molar-refractivity contribution is 0.340. The van der Waals surface area contributed by atoms with Crippen LogP contribution in [0, 0.1) is 0 Å². The van der Waals surface area contributed by atoms with Crippen LogP contribution < -0.4 is 9.64 Å². The number of sulfonamides is 1. The first kappa shape index (κ1) is 18.7. The van der Waals surface area contributed by atoms with Gasteiger partial charge in [0.05, 0.1) is 11.5 Å². The number of hydrogen-bond donors (Lipinski definition) is 0. The molecular formula is C20H26N2O3S. The van der Waals surface area contributed by atoms with Crippen LogP contribution in [0.2, 0.25) is 0 Å². The van der Waals surface area contributed by atoms with Gasteiger partial charge in [0, 0.05) is 31.9 Å². The zero-order chi connectivity index (χ0) is 18.6. The van der Waals surface area contributed by atoms with Crippen LogP contribution in [-0.2, 0) is 16.4 Å². The van der Waals surface area contributed by atoms with E-state index in [1.165, 1.54) is 0 Å². The predicted octanol–water partition coefficient (Wildman–Crippen LogP) is 3.16. The number of rotatable bonds is 6. The Hall–Kier alpha value is -2.05. The smallest absolute Gasteiger partial charge is 0.243 e. The summed E-state index contributed by atoms with van der Waals surface area (Å²) in [7, 11) is -3.42. The molecule has 1 aliphatic rings. The van der Waals surface area contributed by atoms with E-state index in [4.69, 9.17) is 4.74 Å². The Morgan fingerprint density at radius 2 is 1.50 bits per heavy atom. The van der Waals surface area contributed by atoms with E-state index in [0.717, 1.165) is 23.4 Å². The van der Waals surface area contributed by atoms with Gasteiger partial charge in [-0.2, -0.15) is 4.31 Å². The third-order valence-electron chi connectivity index (χ3n) is 4.72. The van der Waals surface area contributed by atoms with Crippen molar-refractivity contribution in [2.75, 3.05) is 37.7 Å². The second kappa shape index (κ2) is 8.10. The van der Waals surface area contributed by atoms with Gasteiger partial charge in [-0.3, -0.25) is 0 Å². The number of piperazine rings is 1. The molecule has 1 heterocycles. The van der Waals surface area contributed by atoms with E-state index in [-0.39, 0.29) is 0 Å². The number of anilines is 1. The van der Waals surface area contributed by atoms with Gasteiger partial charge in [0.1, 0.15) is 5.75 Å². The molecular weight excluding hydrogens is 348 g/mol. The van der Waals surface area contributed by atoms with Crippen LogP contribution in [0.4, 0.5) is 5.69 Å². The summed E-state index contributed by atoms with van der Waals surface area (Å²) in [6, 6.07) is 15.2. The van der Waals surface area contributed by atoms with Crippen LogP contribution in [0.5, 0.6) is 5.75 Å². The maximum atomic E-state index is 12.8. The molecule has 0 saturated carbocycles. The van der Waals surface area contributed by atoms with Crippen molar-refractivity contribution >= 4 is 15.7 Å². The molecule has 1 fully saturated rings. The topological polar surface area (TPSA) is 49.9 Å². The Bertz CT molecular complexity index is 809. The van der Waals surface area contributed by atoms with Gasteiger partial charge in [-0.05, 0) is 55.3 Å². The number of ether oxygens (including phenoxy) is 1. The van der Waals surface area contributed by atoms with Crippen molar-refractivity contribution in [1.29, 1.82) is 0 Å². The molecule has 0 unspecified atom stereocenters. The minimum atomic E-state index is -3.42. The van der Waals surface area contributed by atoms with E-state index in [1.54, 1.807) is 16.4 Å². The fraction of sp³-hybridized carbons (Fsp3) is 0.400. The van der Waals surface area contributed by atoms with Gasteiger partial charge in [0.15, 0.2) is 0 Å². The Labute approximate surface area is 156 Å². The highest BCUT2D eigenvalue weighted by Crippen LogP contribution is 2.23. The molecule has 3 rings (SSSR count). The Balaban J connectivity index is 1.65. The molecule has 6 heteroatoms. The summed E-state index contributed by atoms with van der Waals surface area (Å²) < 4.78 is 32.7. The summed E-state index contributed by atoms with van der Waals surface area (Å²) in [6.45, 7) is 7.01. The molecule has 0 N–H and O–H groups in total. The van der Waals surface area contributed by atoms with E-state index >= 15 is 0 Å². The Morgan fingerprint density at radius 3 is 2.04 bits per heavy atom. The molecule has 0 amide bonds. The second-order valence-electron chi connectivity index (χ2n) is 6.32. The maximum absolute atomic E-state index is 12.8. The standard InChI is InChI=1S/C20H26N2O3S/c1-3-17-5-11-20(12-6-17)26(23,24)22-15-13-21(14-16-22)18-7-9-19(10-8-18)25-4-2/h5-12H,3-4,13-16H2,1-2H3. The van der Waals surface area contributed by atoms with Crippen molar-refractivity contribution in [2.45, 2.75) is 25.2 Å². The lowest BCUT2D eigenvalue weighted by Gasteiger charge is -2.35. The summed E-state index contributed by atoms with van der Waals surface area (Å²) >= 11 is 0. The average molecular weight is 375 g/mol. The van der Waals surface area contributed by atoms with Crippen molar-refractivity contribution < 1.29 is 13.2 Å². The Kier molecular flexibility index (Phi) is 5.84. The normalized spacial score (nSPS) is 15.8. The van der Waals surface area contributed by atoms with Gasteiger partial charge in [-0.25, -0.2) is 8.42 Å². The predicted molar refractivity (Wildman–Crippen MR) is 104 cm³/mol. The number of aryl methyl sites for hydroxylation is 1. The highest BCUT2D eigenvalue weighted by Gasteiger charge is 2.28. The van der Waals surface area contributed by atoms with E-state index in [1.807, 2.05) is 43.3 Å². The van der Waals surface area contributed by atoms with Gasteiger partial charge >= 0.3 is 0 Å². The molecule has 0 atom stereocenters. The number of benzene rings is 2. The lowest BCUT2D eigenvalue weighted by atomic mass is 10.2. The molecule has 1 saturated heterocycles. The van der Waals surface area contributed by atoms with Crippen molar-refractivity contribution in [3.05, 3.63) is 54.1 Å². The minimum absolute atomic E-state index is 0.379. The van der Waals surface area contributed by atoms with Crippen molar-refractivity contribution in [3.8, 4) is 5.75 Å². The fourth-order valence-corrected chi connectivity index (χ4v) is 4.57. The Morgan fingerprint density at radius 1 is 0.885 bits per heavy atom.